The van der Waals surface area contributed by atoms with Crippen LogP contribution in [0.4, 0.5) is 11.4 Å². The molecule has 0 radical (unpaired) electrons. The van der Waals surface area contributed by atoms with Crippen LogP contribution in [-0.4, -0.2) is 19.3 Å². The fraction of sp³-hybridized carbons (Fsp3) is 0.235. The van der Waals surface area contributed by atoms with Crippen molar-refractivity contribution in [1.82, 2.24) is 0 Å². The highest BCUT2D eigenvalue weighted by Gasteiger charge is 2.08. The maximum atomic E-state index is 5.40. The van der Waals surface area contributed by atoms with Crippen molar-refractivity contribution in [3.8, 4) is 11.5 Å². The van der Waals surface area contributed by atoms with E-state index in [2.05, 4.69) is 10.6 Å². The molecular formula is C17H20N2O2S. The van der Waals surface area contributed by atoms with Gasteiger partial charge in [0.15, 0.2) is 5.11 Å². The molecular weight excluding hydrogens is 296 g/mol. The Kier molecular flexibility index (Phi) is 5.22. The van der Waals surface area contributed by atoms with E-state index in [0.29, 0.717) is 10.9 Å². The first-order chi connectivity index (χ1) is 10.5. The molecule has 116 valence electrons. The lowest BCUT2D eigenvalue weighted by Crippen LogP contribution is -2.20. The summed E-state index contributed by atoms with van der Waals surface area (Å²) in [5.41, 5.74) is 4.09. The number of nitrogens with one attached hydrogen (secondary N) is 2. The molecule has 2 rings (SSSR count). The third-order valence-corrected chi connectivity index (χ3v) is 3.58. The van der Waals surface area contributed by atoms with Crippen molar-refractivity contribution in [1.29, 1.82) is 0 Å². The standard InChI is InChI=1S/C17H20N2O2S/c1-11-6-5-7-12(2)16(11)19-17(22)18-14-9-8-13(20-3)10-15(14)21-4/h5-10H,1-4H3,(H2,18,19,22). The topological polar surface area (TPSA) is 42.5 Å². The Labute approximate surface area is 136 Å². The number of anilines is 2. The number of aryl methyl sites for hydroxylation is 2. The smallest absolute Gasteiger partial charge is 0.175 e. The van der Waals surface area contributed by atoms with Crippen LogP contribution in [0, 0.1) is 13.8 Å². The number of para-hydroxylation sites is 1. The van der Waals surface area contributed by atoms with Gasteiger partial charge in [0.05, 0.1) is 19.9 Å². The average molecular weight is 316 g/mol. The second-order valence-electron chi connectivity index (χ2n) is 4.91. The van der Waals surface area contributed by atoms with E-state index in [0.717, 1.165) is 28.3 Å². The molecule has 0 aliphatic carbocycles. The van der Waals surface area contributed by atoms with Gasteiger partial charge in [-0.3, -0.25) is 0 Å². The minimum absolute atomic E-state index is 0.515. The lowest BCUT2D eigenvalue weighted by Gasteiger charge is -2.16. The van der Waals surface area contributed by atoms with Crippen LogP contribution in [0.15, 0.2) is 36.4 Å². The molecule has 0 atom stereocenters. The molecule has 4 nitrogen and oxygen atoms in total. The third kappa shape index (κ3) is 3.68. The summed E-state index contributed by atoms with van der Waals surface area (Å²) in [4.78, 5) is 0. The highest BCUT2D eigenvalue weighted by Crippen LogP contribution is 2.29. The SMILES string of the molecule is COc1ccc(NC(=S)Nc2c(C)cccc2C)c(OC)c1. The van der Waals surface area contributed by atoms with Crippen LogP contribution >= 0.6 is 12.2 Å². The van der Waals surface area contributed by atoms with Gasteiger partial charge in [-0.1, -0.05) is 18.2 Å². The van der Waals surface area contributed by atoms with Gasteiger partial charge in [0.2, 0.25) is 0 Å². The lowest BCUT2D eigenvalue weighted by molar-refractivity contribution is 0.395. The Morgan fingerprint density at radius 1 is 0.955 bits per heavy atom. The van der Waals surface area contributed by atoms with E-state index in [1.165, 1.54) is 0 Å². The van der Waals surface area contributed by atoms with Crippen molar-refractivity contribution in [2.24, 2.45) is 0 Å². The van der Waals surface area contributed by atoms with Crippen LogP contribution in [-0.2, 0) is 0 Å². The van der Waals surface area contributed by atoms with Crippen molar-refractivity contribution >= 4 is 28.7 Å². The maximum absolute atomic E-state index is 5.40. The van der Waals surface area contributed by atoms with E-state index in [4.69, 9.17) is 21.7 Å². The molecule has 0 saturated heterocycles. The Bertz CT molecular complexity index is 666. The summed E-state index contributed by atoms with van der Waals surface area (Å²) in [5.74, 6) is 1.40. The van der Waals surface area contributed by atoms with Crippen LogP contribution in [0.3, 0.4) is 0 Å². The van der Waals surface area contributed by atoms with Gasteiger partial charge >= 0.3 is 0 Å². The number of rotatable bonds is 4. The van der Waals surface area contributed by atoms with Gasteiger partial charge in [-0.2, -0.15) is 0 Å². The summed E-state index contributed by atoms with van der Waals surface area (Å²) in [6.45, 7) is 4.10. The molecule has 0 bridgehead atoms. The Morgan fingerprint density at radius 3 is 2.23 bits per heavy atom. The minimum atomic E-state index is 0.515. The first kappa shape index (κ1) is 16.1. The summed E-state index contributed by atoms with van der Waals surface area (Å²) >= 11 is 5.40. The molecule has 0 aliphatic rings. The second-order valence-corrected chi connectivity index (χ2v) is 5.32. The van der Waals surface area contributed by atoms with Crippen molar-refractivity contribution in [2.75, 3.05) is 24.9 Å². The summed E-state index contributed by atoms with van der Waals surface area (Å²) in [7, 11) is 3.23. The van der Waals surface area contributed by atoms with Crippen LogP contribution < -0.4 is 20.1 Å². The molecule has 0 saturated carbocycles. The zero-order valence-corrected chi connectivity index (χ0v) is 14.0. The molecule has 0 aromatic heterocycles. The molecule has 0 unspecified atom stereocenters. The van der Waals surface area contributed by atoms with Crippen molar-refractivity contribution in [3.05, 3.63) is 47.5 Å². The van der Waals surface area contributed by atoms with Gasteiger partial charge < -0.3 is 20.1 Å². The molecule has 0 heterocycles. The van der Waals surface area contributed by atoms with E-state index in [9.17, 15) is 0 Å². The first-order valence-electron chi connectivity index (χ1n) is 6.91. The summed E-state index contributed by atoms with van der Waals surface area (Å²) < 4.78 is 10.5. The number of ether oxygens (including phenoxy) is 2. The van der Waals surface area contributed by atoms with Gasteiger partial charge in [-0.05, 0) is 49.3 Å². The molecule has 2 aromatic rings. The van der Waals surface area contributed by atoms with E-state index < -0.39 is 0 Å². The molecule has 22 heavy (non-hydrogen) atoms. The van der Waals surface area contributed by atoms with Gasteiger partial charge in [0.1, 0.15) is 11.5 Å². The van der Waals surface area contributed by atoms with Gasteiger partial charge in [0, 0.05) is 11.8 Å². The highest BCUT2D eigenvalue weighted by atomic mass is 32.1. The van der Waals surface area contributed by atoms with Crippen LogP contribution in [0.5, 0.6) is 11.5 Å². The zero-order valence-electron chi connectivity index (χ0n) is 13.2. The summed E-state index contributed by atoms with van der Waals surface area (Å²) in [6.07, 6.45) is 0. The van der Waals surface area contributed by atoms with E-state index in [-0.39, 0.29) is 0 Å². The average Bonchev–Trinajstić information content (AvgIpc) is 2.51. The van der Waals surface area contributed by atoms with Crippen molar-refractivity contribution in [3.63, 3.8) is 0 Å². The number of thiocarbonyl (C=S) groups is 1. The second kappa shape index (κ2) is 7.13. The first-order valence-corrected chi connectivity index (χ1v) is 7.32. The highest BCUT2D eigenvalue weighted by molar-refractivity contribution is 7.80. The van der Waals surface area contributed by atoms with Crippen molar-refractivity contribution in [2.45, 2.75) is 13.8 Å². The van der Waals surface area contributed by atoms with Crippen molar-refractivity contribution < 1.29 is 9.47 Å². The van der Waals surface area contributed by atoms with Gasteiger partial charge in [0.25, 0.3) is 0 Å². The van der Waals surface area contributed by atoms with Crippen LogP contribution in [0.2, 0.25) is 0 Å². The molecule has 5 heteroatoms. The summed E-state index contributed by atoms with van der Waals surface area (Å²) in [5, 5.41) is 6.91. The number of hydrogen-bond acceptors (Lipinski definition) is 3. The van der Waals surface area contributed by atoms with Crippen LogP contribution in [0.1, 0.15) is 11.1 Å². The number of benzene rings is 2. The molecule has 0 amide bonds. The molecule has 0 fully saturated rings. The fourth-order valence-electron chi connectivity index (χ4n) is 2.18. The normalized spacial score (nSPS) is 10.0. The van der Waals surface area contributed by atoms with E-state index >= 15 is 0 Å². The molecule has 2 N–H and O–H groups in total. The number of hydrogen-bond donors (Lipinski definition) is 2. The third-order valence-electron chi connectivity index (χ3n) is 3.38. The quantitative estimate of drug-likeness (QED) is 0.830. The number of methoxy groups -OCH3 is 2. The molecule has 2 aromatic carbocycles. The van der Waals surface area contributed by atoms with E-state index in [1.54, 1.807) is 14.2 Å². The minimum Gasteiger partial charge on any atom is -0.497 e. The zero-order chi connectivity index (χ0) is 16.1. The Hall–Kier alpha value is -2.27. The van der Waals surface area contributed by atoms with Crippen LogP contribution in [0.25, 0.3) is 0 Å². The Balaban J connectivity index is 2.16. The van der Waals surface area contributed by atoms with Gasteiger partial charge in [-0.25, -0.2) is 0 Å². The maximum Gasteiger partial charge on any atom is 0.175 e. The fourth-order valence-corrected chi connectivity index (χ4v) is 2.39. The lowest BCUT2D eigenvalue weighted by atomic mass is 10.1. The molecule has 0 aliphatic heterocycles. The van der Waals surface area contributed by atoms with E-state index in [1.807, 2.05) is 50.2 Å². The predicted octanol–water partition coefficient (Wildman–Crippen LogP) is 4.13. The predicted molar refractivity (Wildman–Crippen MR) is 95.3 cm³/mol. The Morgan fingerprint density at radius 2 is 1.64 bits per heavy atom. The monoisotopic (exact) mass is 316 g/mol. The van der Waals surface area contributed by atoms with Gasteiger partial charge in [-0.15, -0.1) is 0 Å². The largest absolute Gasteiger partial charge is 0.497 e. The summed E-state index contributed by atoms with van der Waals surface area (Å²) in [6, 6.07) is 11.7. The molecule has 0 spiro atoms.